The third-order valence-corrected chi connectivity index (χ3v) is 3.10. The molecule has 2 aromatic rings. The summed E-state index contributed by atoms with van der Waals surface area (Å²) in [4.78, 5) is 14.9. The minimum Gasteiger partial charge on any atom is -0.478 e. The molecule has 0 aliphatic rings. The van der Waals surface area contributed by atoms with Gasteiger partial charge in [0.2, 0.25) is 0 Å². The average Bonchev–Trinajstić information content (AvgIpc) is 2.46. The number of nitrogens with zero attached hydrogens (tertiary/aromatic N) is 2. The van der Waals surface area contributed by atoms with Gasteiger partial charge in [-0.05, 0) is 23.3 Å². The van der Waals surface area contributed by atoms with E-state index in [9.17, 15) is 4.79 Å². The second-order valence-electron chi connectivity index (χ2n) is 3.92. The van der Waals surface area contributed by atoms with Gasteiger partial charge < -0.3 is 5.11 Å². The molecule has 4 nitrogen and oxygen atoms in total. The van der Waals surface area contributed by atoms with Crippen molar-refractivity contribution >= 4 is 29.7 Å². The summed E-state index contributed by atoms with van der Waals surface area (Å²) in [6.07, 6.45) is 6.42. The fraction of sp³-hybridized carbons (Fsp3) is 0. The molecule has 0 radical (unpaired) electrons. The molecule has 0 spiro atoms. The zero-order chi connectivity index (χ0) is 14.5. The second kappa shape index (κ2) is 6.00. The minimum atomic E-state index is -1.08. The summed E-state index contributed by atoms with van der Waals surface area (Å²) in [7, 11) is 0. The Labute approximate surface area is 120 Å². The largest absolute Gasteiger partial charge is 0.478 e. The molecule has 0 saturated carbocycles. The molecule has 0 amide bonds. The van der Waals surface area contributed by atoms with Gasteiger partial charge in [0.25, 0.3) is 0 Å². The molecule has 1 aromatic carbocycles. The molecule has 0 atom stereocenters. The number of pyridine rings is 1. The highest BCUT2D eigenvalue weighted by Gasteiger charge is 2.10. The Morgan fingerprint density at radius 3 is 2.75 bits per heavy atom. The number of hydrogen-bond donors (Lipinski definition) is 1. The Hall–Kier alpha value is -2.64. The first-order valence-electron chi connectivity index (χ1n) is 5.67. The van der Waals surface area contributed by atoms with Crippen LogP contribution in [0.15, 0.2) is 36.7 Å². The predicted molar refractivity (Wildman–Crippen MR) is 76.3 cm³/mol. The van der Waals surface area contributed by atoms with Gasteiger partial charge in [0.1, 0.15) is 6.07 Å². The maximum Gasteiger partial charge on any atom is 0.337 e. The van der Waals surface area contributed by atoms with Crippen LogP contribution >= 0.6 is 11.6 Å². The van der Waals surface area contributed by atoms with E-state index in [0.29, 0.717) is 16.7 Å². The van der Waals surface area contributed by atoms with Gasteiger partial charge >= 0.3 is 5.97 Å². The maximum atomic E-state index is 11.0. The lowest BCUT2D eigenvalue weighted by Gasteiger charge is -2.02. The van der Waals surface area contributed by atoms with Gasteiger partial charge in [-0.1, -0.05) is 35.9 Å². The zero-order valence-electron chi connectivity index (χ0n) is 10.2. The Bertz CT molecular complexity index is 733. The van der Waals surface area contributed by atoms with Crippen LogP contribution in [-0.4, -0.2) is 16.1 Å². The highest BCUT2D eigenvalue weighted by atomic mass is 35.5. The molecule has 2 rings (SSSR count). The molecule has 1 aromatic heterocycles. The first-order valence-corrected chi connectivity index (χ1v) is 6.05. The number of carboxylic acids is 1. The van der Waals surface area contributed by atoms with Gasteiger partial charge in [0.05, 0.1) is 16.1 Å². The normalized spacial score (nSPS) is 10.4. The molecule has 0 fully saturated rings. The maximum absolute atomic E-state index is 11.0. The van der Waals surface area contributed by atoms with Crippen molar-refractivity contribution in [3.8, 4) is 6.07 Å². The standard InChI is InChI=1S/C15H9ClN2O2/c16-14-11(2-1-3-13(14)15(19)20)5-4-10-6-7-18-9-12(10)8-17/h1-7,9H,(H,19,20)/b5-4+. The van der Waals surface area contributed by atoms with Crippen LogP contribution in [0.5, 0.6) is 0 Å². The summed E-state index contributed by atoms with van der Waals surface area (Å²) in [6, 6.07) is 8.50. The summed E-state index contributed by atoms with van der Waals surface area (Å²) in [6.45, 7) is 0. The summed E-state index contributed by atoms with van der Waals surface area (Å²) in [5, 5.41) is 18.1. The highest BCUT2D eigenvalue weighted by Crippen LogP contribution is 2.23. The van der Waals surface area contributed by atoms with E-state index in [1.54, 1.807) is 36.5 Å². The van der Waals surface area contributed by atoms with E-state index >= 15 is 0 Å². The second-order valence-corrected chi connectivity index (χ2v) is 4.30. The number of aromatic nitrogens is 1. The van der Waals surface area contributed by atoms with Crippen molar-refractivity contribution in [2.24, 2.45) is 0 Å². The van der Waals surface area contributed by atoms with Gasteiger partial charge in [0.15, 0.2) is 0 Å². The minimum absolute atomic E-state index is 0.0454. The van der Waals surface area contributed by atoms with Crippen LogP contribution in [0.3, 0.4) is 0 Å². The van der Waals surface area contributed by atoms with Crippen LogP contribution in [0, 0.1) is 11.3 Å². The number of benzene rings is 1. The molecule has 0 unspecified atom stereocenters. The van der Waals surface area contributed by atoms with Crippen LogP contribution in [0.2, 0.25) is 5.02 Å². The molecule has 5 heteroatoms. The molecule has 0 saturated heterocycles. The van der Waals surface area contributed by atoms with Crippen LogP contribution in [0.25, 0.3) is 12.2 Å². The molecule has 0 bridgehead atoms. The highest BCUT2D eigenvalue weighted by molar-refractivity contribution is 6.35. The fourth-order valence-electron chi connectivity index (χ4n) is 1.67. The molecular formula is C15H9ClN2O2. The summed E-state index contributed by atoms with van der Waals surface area (Å²) in [5.41, 5.74) is 1.75. The van der Waals surface area contributed by atoms with Crippen LogP contribution in [0.4, 0.5) is 0 Å². The van der Waals surface area contributed by atoms with Crippen LogP contribution < -0.4 is 0 Å². The Balaban J connectivity index is 2.40. The van der Waals surface area contributed by atoms with Crippen molar-refractivity contribution < 1.29 is 9.90 Å². The van der Waals surface area contributed by atoms with Crippen molar-refractivity contribution in [1.29, 1.82) is 5.26 Å². The summed E-state index contributed by atoms with van der Waals surface area (Å²) >= 11 is 6.03. The van der Waals surface area contributed by atoms with Gasteiger partial charge in [-0.2, -0.15) is 5.26 Å². The van der Waals surface area contributed by atoms with Crippen molar-refractivity contribution in [2.75, 3.05) is 0 Å². The van der Waals surface area contributed by atoms with E-state index in [0.717, 1.165) is 0 Å². The third-order valence-electron chi connectivity index (χ3n) is 2.68. The molecule has 98 valence electrons. The number of carbonyl (C=O) groups is 1. The van der Waals surface area contributed by atoms with Crippen molar-refractivity contribution in [1.82, 2.24) is 4.98 Å². The lowest BCUT2D eigenvalue weighted by Crippen LogP contribution is -1.97. The van der Waals surface area contributed by atoms with E-state index in [4.69, 9.17) is 22.0 Å². The number of aromatic carboxylic acids is 1. The van der Waals surface area contributed by atoms with E-state index < -0.39 is 5.97 Å². The Kier molecular flexibility index (Phi) is 4.14. The molecule has 0 aliphatic carbocycles. The molecular weight excluding hydrogens is 276 g/mol. The van der Waals surface area contributed by atoms with Crippen molar-refractivity contribution in [3.63, 3.8) is 0 Å². The number of rotatable bonds is 3. The zero-order valence-corrected chi connectivity index (χ0v) is 11.0. The lowest BCUT2D eigenvalue weighted by molar-refractivity contribution is 0.0697. The first kappa shape index (κ1) is 13.8. The number of carboxylic acid groups (broad SMARTS) is 1. The van der Waals surface area contributed by atoms with Gasteiger partial charge in [-0.15, -0.1) is 0 Å². The van der Waals surface area contributed by atoms with E-state index in [-0.39, 0.29) is 10.6 Å². The molecule has 1 heterocycles. The van der Waals surface area contributed by atoms with Crippen LogP contribution in [0.1, 0.15) is 27.0 Å². The molecule has 0 aliphatic heterocycles. The van der Waals surface area contributed by atoms with E-state index in [2.05, 4.69) is 4.98 Å². The Morgan fingerprint density at radius 2 is 2.05 bits per heavy atom. The van der Waals surface area contributed by atoms with Crippen molar-refractivity contribution in [2.45, 2.75) is 0 Å². The van der Waals surface area contributed by atoms with Gasteiger partial charge in [0, 0.05) is 12.4 Å². The number of hydrogen-bond acceptors (Lipinski definition) is 3. The third kappa shape index (κ3) is 2.85. The summed E-state index contributed by atoms with van der Waals surface area (Å²) < 4.78 is 0. The SMILES string of the molecule is N#Cc1cnccc1/C=C/c1cccc(C(=O)O)c1Cl. The average molecular weight is 285 g/mol. The first-order chi connectivity index (χ1) is 9.63. The predicted octanol–water partition coefficient (Wildman–Crippen LogP) is 3.48. The Morgan fingerprint density at radius 1 is 1.30 bits per heavy atom. The lowest BCUT2D eigenvalue weighted by atomic mass is 10.1. The quantitative estimate of drug-likeness (QED) is 0.936. The topological polar surface area (TPSA) is 74.0 Å². The molecule has 1 N–H and O–H groups in total. The molecule has 20 heavy (non-hydrogen) atoms. The fourth-order valence-corrected chi connectivity index (χ4v) is 1.94. The number of nitriles is 1. The van der Waals surface area contributed by atoms with Crippen molar-refractivity contribution in [3.05, 3.63) is 63.9 Å². The van der Waals surface area contributed by atoms with Gasteiger partial charge in [-0.3, -0.25) is 4.98 Å². The summed E-state index contributed by atoms with van der Waals surface area (Å²) in [5.74, 6) is -1.08. The van der Waals surface area contributed by atoms with Gasteiger partial charge in [-0.25, -0.2) is 4.79 Å². The monoisotopic (exact) mass is 284 g/mol. The number of halogens is 1. The smallest absolute Gasteiger partial charge is 0.337 e. The van der Waals surface area contributed by atoms with E-state index in [1.807, 2.05) is 6.07 Å². The van der Waals surface area contributed by atoms with E-state index in [1.165, 1.54) is 12.3 Å². The van der Waals surface area contributed by atoms with Crippen LogP contribution in [-0.2, 0) is 0 Å².